The van der Waals surface area contributed by atoms with Crippen molar-refractivity contribution in [3.63, 3.8) is 0 Å². The Labute approximate surface area is 135 Å². The summed E-state index contributed by atoms with van der Waals surface area (Å²) < 4.78 is 31.8. The van der Waals surface area contributed by atoms with E-state index in [1.165, 1.54) is 6.07 Å². The topological polar surface area (TPSA) is 37.4 Å². The van der Waals surface area contributed by atoms with Crippen molar-refractivity contribution in [1.29, 1.82) is 0 Å². The number of halogens is 2. The number of benzene rings is 1. The Morgan fingerprint density at radius 2 is 2.00 bits per heavy atom. The Hall–Kier alpha value is -2.05. The zero-order valence-electron chi connectivity index (χ0n) is 13.5. The molecule has 0 radical (unpaired) electrons. The van der Waals surface area contributed by atoms with Crippen molar-refractivity contribution in [1.82, 2.24) is 15.2 Å². The molecule has 0 saturated heterocycles. The van der Waals surface area contributed by atoms with E-state index in [9.17, 15) is 8.78 Å². The van der Waals surface area contributed by atoms with Gasteiger partial charge in [0.05, 0.1) is 0 Å². The highest BCUT2D eigenvalue weighted by Crippen LogP contribution is 2.24. The van der Waals surface area contributed by atoms with Crippen LogP contribution in [0.2, 0.25) is 0 Å². The van der Waals surface area contributed by atoms with Crippen molar-refractivity contribution < 1.29 is 13.5 Å². The van der Waals surface area contributed by atoms with E-state index in [1.54, 1.807) is 6.20 Å². The summed E-state index contributed by atoms with van der Waals surface area (Å²) in [5.74, 6) is -1.26. The number of aromatic nitrogens is 1. The SMILES string of the molecule is C[C@H](CN(C)C)NCc1cccnc1Oc1ccc(F)c(F)c1. The maximum Gasteiger partial charge on any atom is 0.223 e. The molecular formula is C17H21F2N3O. The van der Waals surface area contributed by atoms with E-state index in [4.69, 9.17) is 4.74 Å². The van der Waals surface area contributed by atoms with Crippen molar-refractivity contribution in [2.75, 3.05) is 20.6 Å². The summed E-state index contributed by atoms with van der Waals surface area (Å²) in [7, 11) is 4.03. The fraction of sp³-hybridized carbons (Fsp3) is 0.353. The van der Waals surface area contributed by atoms with E-state index < -0.39 is 11.6 Å². The van der Waals surface area contributed by atoms with E-state index in [2.05, 4.69) is 22.1 Å². The molecule has 1 atom stereocenters. The minimum atomic E-state index is -0.947. The fourth-order valence-corrected chi connectivity index (χ4v) is 2.20. The molecule has 2 rings (SSSR count). The van der Waals surface area contributed by atoms with Crippen LogP contribution >= 0.6 is 0 Å². The van der Waals surface area contributed by atoms with Gasteiger partial charge in [-0.25, -0.2) is 13.8 Å². The number of rotatable bonds is 7. The second kappa shape index (κ2) is 7.99. The maximum atomic E-state index is 13.3. The number of hydrogen-bond acceptors (Lipinski definition) is 4. The molecule has 0 aliphatic carbocycles. The summed E-state index contributed by atoms with van der Waals surface area (Å²) in [4.78, 5) is 6.27. The number of pyridine rings is 1. The van der Waals surface area contributed by atoms with Crippen LogP contribution in [0.3, 0.4) is 0 Å². The molecule has 0 bridgehead atoms. The third-order valence-corrected chi connectivity index (χ3v) is 3.24. The number of likely N-dealkylation sites (N-methyl/N-ethyl adjacent to an activating group) is 1. The van der Waals surface area contributed by atoms with E-state index in [-0.39, 0.29) is 5.75 Å². The van der Waals surface area contributed by atoms with Crippen molar-refractivity contribution in [2.24, 2.45) is 0 Å². The van der Waals surface area contributed by atoms with Gasteiger partial charge in [-0.3, -0.25) is 0 Å². The summed E-state index contributed by atoms with van der Waals surface area (Å²) in [6.07, 6.45) is 1.60. The van der Waals surface area contributed by atoms with Gasteiger partial charge in [0.1, 0.15) is 5.75 Å². The van der Waals surface area contributed by atoms with Crippen LogP contribution < -0.4 is 10.1 Å². The first-order chi connectivity index (χ1) is 11.0. The molecule has 0 spiro atoms. The van der Waals surface area contributed by atoms with Gasteiger partial charge in [0.25, 0.3) is 0 Å². The molecule has 4 nitrogen and oxygen atoms in total. The molecule has 0 fully saturated rings. The standard InChI is InChI=1S/C17H21F2N3O/c1-12(11-22(2)3)21-10-13-5-4-8-20-17(13)23-14-6-7-15(18)16(19)9-14/h4-9,12,21H,10-11H2,1-3H3/t12-/m1/s1. The number of nitrogens with one attached hydrogen (secondary N) is 1. The highest BCUT2D eigenvalue weighted by Gasteiger charge is 2.10. The van der Waals surface area contributed by atoms with Gasteiger partial charge in [0, 0.05) is 37.0 Å². The maximum absolute atomic E-state index is 13.3. The van der Waals surface area contributed by atoms with Crippen molar-refractivity contribution in [3.05, 3.63) is 53.7 Å². The third kappa shape index (κ3) is 5.26. The smallest absolute Gasteiger partial charge is 0.223 e. The van der Waals surface area contributed by atoms with E-state index in [1.807, 2.05) is 26.2 Å². The van der Waals surface area contributed by atoms with Crippen molar-refractivity contribution in [2.45, 2.75) is 19.5 Å². The summed E-state index contributed by atoms with van der Waals surface area (Å²) in [5.41, 5.74) is 0.850. The highest BCUT2D eigenvalue weighted by molar-refractivity contribution is 5.32. The second-order valence-corrected chi connectivity index (χ2v) is 5.69. The predicted molar refractivity (Wildman–Crippen MR) is 85.5 cm³/mol. The summed E-state index contributed by atoms with van der Waals surface area (Å²) in [6, 6.07) is 7.41. The van der Waals surface area contributed by atoms with Gasteiger partial charge in [-0.05, 0) is 39.2 Å². The first-order valence-electron chi connectivity index (χ1n) is 7.40. The number of hydrogen-bond donors (Lipinski definition) is 1. The third-order valence-electron chi connectivity index (χ3n) is 3.24. The fourth-order valence-electron chi connectivity index (χ4n) is 2.20. The van der Waals surface area contributed by atoms with Crippen LogP contribution in [0.4, 0.5) is 8.78 Å². The molecule has 1 N–H and O–H groups in total. The molecule has 0 amide bonds. The predicted octanol–water partition coefficient (Wildman–Crippen LogP) is 3.19. The van der Waals surface area contributed by atoms with Crippen molar-refractivity contribution in [3.8, 4) is 11.6 Å². The molecule has 1 heterocycles. The molecule has 124 valence electrons. The van der Waals surface area contributed by atoms with E-state index in [0.717, 1.165) is 24.2 Å². The monoisotopic (exact) mass is 321 g/mol. The van der Waals surface area contributed by atoms with Crippen LogP contribution in [0, 0.1) is 11.6 Å². The lowest BCUT2D eigenvalue weighted by Crippen LogP contribution is -2.35. The van der Waals surface area contributed by atoms with Crippen LogP contribution in [0.1, 0.15) is 12.5 Å². The van der Waals surface area contributed by atoms with Crippen LogP contribution in [0.25, 0.3) is 0 Å². The molecule has 6 heteroatoms. The highest BCUT2D eigenvalue weighted by atomic mass is 19.2. The molecule has 0 unspecified atom stereocenters. The number of nitrogens with zero attached hydrogens (tertiary/aromatic N) is 2. The lowest BCUT2D eigenvalue weighted by molar-refractivity contribution is 0.347. The zero-order chi connectivity index (χ0) is 16.8. The molecule has 1 aromatic heterocycles. The van der Waals surface area contributed by atoms with Crippen LogP contribution in [-0.2, 0) is 6.54 Å². The van der Waals surface area contributed by atoms with E-state index in [0.29, 0.717) is 18.5 Å². The molecule has 23 heavy (non-hydrogen) atoms. The molecular weight excluding hydrogens is 300 g/mol. The largest absolute Gasteiger partial charge is 0.439 e. The van der Waals surface area contributed by atoms with Gasteiger partial charge in [-0.15, -0.1) is 0 Å². The molecule has 2 aromatic rings. The summed E-state index contributed by atoms with van der Waals surface area (Å²) in [5, 5.41) is 3.38. The molecule has 0 aliphatic heterocycles. The van der Waals surface area contributed by atoms with Gasteiger partial charge in [-0.2, -0.15) is 0 Å². The zero-order valence-corrected chi connectivity index (χ0v) is 13.5. The Kier molecular flexibility index (Phi) is 6.01. The first-order valence-corrected chi connectivity index (χ1v) is 7.40. The Morgan fingerprint density at radius 1 is 1.22 bits per heavy atom. The number of ether oxygens (including phenoxy) is 1. The Morgan fingerprint density at radius 3 is 2.70 bits per heavy atom. The molecule has 0 saturated carbocycles. The average Bonchev–Trinajstić information content (AvgIpc) is 2.49. The van der Waals surface area contributed by atoms with Gasteiger partial charge in [0.2, 0.25) is 5.88 Å². The summed E-state index contributed by atoms with van der Waals surface area (Å²) >= 11 is 0. The van der Waals surface area contributed by atoms with Gasteiger partial charge >= 0.3 is 0 Å². The van der Waals surface area contributed by atoms with Gasteiger partial charge in [0.15, 0.2) is 11.6 Å². The van der Waals surface area contributed by atoms with Gasteiger partial charge < -0.3 is 15.0 Å². The minimum Gasteiger partial charge on any atom is -0.439 e. The Balaban J connectivity index is 2.06. The van der Waals surface area contributed by atoms with Gasteiger partial charge in [-0.1, -0.05) is 6.07 Å². The van der Waals surface area contributed by atoms with Crippen molar-refractivity contribution >= 4 is 0 Å². The quantitative estimate of drug-likeness (QED) is 0.850. The Bertz CT molecular complexity index is 649. The summed E-state index contributed by atoms with van der Waals surface area (Å²) in [6.45, 7) is 3.56. The van der Waals surface area contributed by atoms with Crippen LogP contribution in [-0.4, -0.2) is 36.6 Å². The second-order valence-electron chi connectivity index (χ2n) is 5.69. The lowest BCUT2D eigenvalue weighted by Gasteiger charge is -2.19. The minimum absolute atomic E-state index is 0.213. The molecule has 0 aliphatic rings. The normalized spacial score (nSPS) is 12.4. The van der Waals surface area contributed by atoms with E-state index >= 15 is 0 Å². The lowest BCUT2D eigenvalue weighted by atomic mass is 10.2. The first kappa shape index (κ1) is 17.3. The van der Waals surface area contributed by atoms with Crippen LogP contribution in [0.15, 0.2) is 36.5 Å². The van der Waals surface area contributed by atoms with Crippen LogP contribution in [0.5, 0.6) is 11.6 Å². The average molecular weight is 321 g/mol. The molecule has 1 aromatic carbocycles.